The molecule has 0 aliphatic rings. The number of ether oxygens (including phenoxy) is 2. The van der Waals surface area contributed by atoms with E-state index in [2.05, 4.69) is 31.0 Å². The lowest BCUT2D eigenvalue weighted by Crippen LogP contribution is -2.30. The number of anilines is 2. The van der Waals surface area contributed by atoms with E-state index in [1.807, 2.05) is 42.5 Å². The van der Waals surface area contributed by atoms with E-state index in [0.717, 1.165) is 23.5 Å². The molecular formula is C21H28N2O3. The SMILES string of the molecule is CCN(c1ccc(NC(=O)Cc2ccc(OC)c(OC)c2)cc1)C(C)C. The fourth-order valence-corrected chi connectivity index (χ4v) is 2.96. The Labute approximate surface area is 155 Å². The molecule has 5 nitrogen and oxygen atoms in total. The van der Waals surface area contributed by atoms with Crippen LogP contribution in [0.25, 0.3) is 0 Å². The Balaban J connectivity index is 2.01. The van der Waals surface area contributed by atoms with Gasteiger partial charge in [0.1, 0.15) is 0 Å². The average molecular weight is 356 g/mol. The lowest BCUT2D eigenvalue weighted by atomic mass is 10.1. The molecule has 0 radical (unpaired) electrons. The van der Waals surface area contributed by atoms with Gasteiger partial charge in [0.2, 0.25) is 5.91 Å². The smallest absolute Gasteiger partial charge is 0.228 e. The molecule has 0 unspecified atom stereocenters. The number of rotatable bonds is 8. The topological polar surface area (TPSA) is 50.8 Å². The van der Waals surface area contributed by atoms with E-state index in [9.17, 15) is 4.79 Å². The largest absolute Gasteiger partial charge is 0.493 e. The quantitative estimate of drug-likeness (QED) is 0.773. The minimum Gasteiger partial charge on any atom is -0.493 e. The zero-order valence-electron chi connectivity index (χ0n) is 16.2. The molecule has 0 fully saturated rings. The van der Waals surface area contributed by atoms with E-state index in [1.165, 1.54) is 0 Å². The molecule has 0 bridgehead atoms. The molecule has 2 rings (SSSR count). The summed E-state index contributed by atoms with van der Waals surface area (Å²) in [7, 11) is 3.17. The first-order chi connectivity index (χ1) is 12.5. The van der Waals surface area contributed by atoms with Crippen molar-refractivity contribution in [3.8, 4) is 11.5 Å². The molecule has 2 aromatic carbocycles. The van der Waals surface area contributed by atoms with Crippen molar-refractivity contribution >= 4 is 17.3 Å². The monoisotopic (exact) mass is 356 g/mol. The maximum atomic E-state index is 12.3. The van der Waals surface area contributed by atoms with Gasteiger partial charge < -0.3 is 19.7 Å². The first kappa shape index (κ1) is 19.6. The molecule has 0 atom stereocenters. The average Bonchev–Trinajstić information content (AvgIpc) is 2.63. The Bertz CT molecular complexity index is 727. The first-order valence-electron chi connectivity index (χ1n) is 8.86. The van der Waals surface area contributed by atoms with Crippen LogP contribution in [0.4, 0.5) is 11.4 Å². The zero-order valence-corrected chi connectivity index (χ0v) is 16.2. The number of amides is 1. The highest BCUT2D eigenvalue weighted by Gasteiger charge is 2.10. The van der Waals surface area contributed by atoms with Crippen molar-refractivity contribution in [3.63, 3.8) is 0 Å². The van der Waals surface area contributed by atoms with Gasteiger partial charge in [0, 0.05) is 24.0 Å². The third-order valence-corrected chi connectivity index (χ3v) is 4.26. The van der Waals surface area contributed by atoms with Crippen LogP contribution in [0, 0.1) is 0 Å². The number of nitrogens with zero attached hydrogens (tertiary/aromatic N) is 1. The Kier molecular flexibility index (Phi) is 6.89. The van der Waals surface area contributed by atoms with Gasteiger partial charge in [-0.15, -0.1) is 0 Å². The Morgan fingerprint density at radius 2 is 1.69 bits per heavy atom. The predicted molar refractivity (Wildman–Crippen MR) is 106 cm³/mol. The molecule has 0 heterocycles. The molecule has 0 aliphatic carbocycles. The van der Waals surface area contributed by atoms with Crippen LogP contribution in [-0.4, -0.2) is 32.7 Å². The van der Waals surface area contributed by atoms with Crippen LogP contribution in [0.2, 0.25) is 0 Å². The third kappa shape index (κ3) is 4.91. The number of carbonyl (C=O) groups excluding carboxylic acids is 1. The van der Waals surface area contributed by atoms with Gasteiger partial charge in [-0.25, -0.2) is 0 Å². The Hall–Kier alpha value is -2.69. The summed E-state index contributed by atoms with van der Waals surface area (Å²) in [6, 6.07) is 13.9. The minimum atomic E-state index is -0.0684. The van der Waals surface area contributed by atoms with E-state index in [0.29, 0.717) is 17.5 Å². The van der Waals surface area contributed by atoms with Crippen LogP contribution in [0.5, 0.6) is 11.5 Å². The maximum Gasteiger partial charge on any atom is 0.228 e. The van der Waals surface area contributed by atoms with Crippen LogP contribution in [-0.2, 0) is 11.2 Å². The molecule has 0 aromatic heterocycles. The summed E-state index contributed by atoms with van der Waals surface area (Å²) in [6.45, 7) is 7.42. The van der Waals surface area contributed by atoms with E-state index in [-0.39, 0.29) is 12.3 Å². The van der Waals surface area contributed by atoms with Gasteiger partial charge in [-0.3, -0.25) is 4.79 Å². The fraction of sp³-hybridized carbons (Fsp3) is 0.381. The number of hydrogen-bond acceptors (Lipinski definition) is 4. The Morgan fingerprint density at radius 1 is 1.04 bits per heavy atom. The first-order valence-corrected chi connectivity index (χ1v) is 8.86. The molecule has 0 spiro atoms. The van der Waals surface area contributed by atoms with Crippen LogP contribution >= 0.6 is 0 Å². The number of methoxy groups -OCH3 is 2. The molecule has 140 valence electrons. The minimum absolute atomic E-state index is 0.0684. The molecule has 1 N–H and O–H groups in total. The second kappa shape index (κ2) is 9.13. The number of benzene rings is 2. The van der Waals surface area contributed by atoms with Crippen LogP contribution < -0.4 is 19.7 Å². The van der Waals surface area contributed by atoms with Crippen molar-refractivity contribution in [2.45, 2.75) is 33.2 Å². The van der Waals surface area contributed by atoms with Crippen molar-refractivity contribution in [2.24, 2.45) is 0 Å². The van der Waals surface area contributed by atoms with Gasteiger partial charge in [0.15, 0.2) is 11.5 Å². The van der Waals surface area contributed by atoms with Crippen LogP contribution in [0.1, 0.15) is 26.3 Å². The third-order valence-electron chi connectivity index (χ3n) is 4.26. The molecule has 1 amide bonds. The van der Waals surface area contributed by atoms with Crippen molar-refractivity contribution in [1.82, 2.24) is 0 Å². The highest BCUT2D eigenvalue weighted by molar-refractivity contribution is 5.92. The standard InChI is InChI=1S/C21H28N2O3/c1-6-23(15(2)3)18-10-8-17(9-11-18)22-21(24)14-16-7-12-19(25-4)20(13-16)26-5/h7-13,15H,6,14H2,1-5H3,(H,22,24). The summed E-state index contributed by atoms with van der Waals surface area (Å²) in [5.74, 6) is 1.20. The molecule has 5 heteroatoms. The normalized spacial score (nSPS) is 10.5. The van der Waals surface area contributed by atoms with Crippen molar-refractivity contribution < 1.29 is 14.3 Å². The van der Waals surface area contributed by atoms with Gasteiger partial charge in [0.25, 0.3) is 0 Å². The lowest BCUT2D eigenvalue weighted by Gasteiger charge is -2.27. The van der Waals surface area contributed by atoms with Gasteiger partial charge in [-0.05, 0) is 62.7 Å². The van der Waals surface area contributed by atoms with E-state index in [4.69, 9.17) is 9.47 Å². The fourth-order valence-electron chi connectivity index (χ4n) is 2.96. The van der Waals surface area contributed by atoms with E-state index < -0.39 is 0 Å². The predicted octanol–water partition coefficient (Wildman–Crippen LogP) is 4.12. The summed E-state index contributed by atoms with van der Waals surface area (Å²) in [4.78, 5) is 14.6. The molecular weight excluding hydrogens is 328 g/mol. The summed E-state index contributed by atoms with van der Waals surface area (Å²) < 4.78 is 10.5. The molecule has 26 heavy (non-hydrogen) atoms. The van der Waals surface area contributed by atoms with Gasteiger partial charge in [0.05, 0.1) is 20.6 Å². The molecule has 0 aliphatic heterocycles. The molecule has 0 saturated carbocycles. The van der Waals surface area contributed by atoms with Crippen molar-refractivity contribution in [2.75, 3.05) is 31.0 Å². The van der Waals surface area contributed by atoms with Crippen molar-refractivity contribution in [3.05, 3.63) is 48.0 Å². The van der Waals surface area contributed by atoms with Gasteiger partial charge in [-0.1, -0.05) is 6.07 Å². The highest BCUT2D eigenvalue weighted by atomic mass is 16.5. The second-order valence-electron chi connectivity index (χ2n) is 6.34. The summed E-state index contributed by atoms with van der Waals surface area (Å²) in [5, 5.41) is 2.94. The van der Waals surface area contributed by atoms with Crippen LogP contribution in [0.3, 0.4) is 0 Å². The summed E-state index contributed by atoms with van der Waals surface area (Å²) >= 11 is 0. The number of carbonyl (C=O) groups is 1. The van der Waals surface area contributed by atoms with Gasteiger partial charge in [-0.2, -0.15) is 0 Å². The molecule has 2 aromatic rings. The number of nitrogens with one attached hydrogen (secondary N) is 1. The lowest BCUT2D eigenvalue weighted by molar-refractivity contribution is -0.115. The molecule has 0 saturated heterocycles. The number of hydrogen-bond donors (Lipinski definition) is 1. The van der Waals surface area contributed by atoms with E-state index >= 15 is 0 Å². The van der Waals surface area contributed by atoms with Crippen LogP contribution in [0.15, 0.2) is 42.5 Å². The second-order valence-corrected chi connectivity index (χ2v) is 6.34. The highest BCUT2D eigenvalue weighted by Crippen LogP contribution is 2.28. The summed E-state index contributed by atoms with van der Waals surface area (Å²) in [5.41, 5.74) is 2.81. The maximum absolute atomic E-state index is 12.3. The zero-order chi connectivity index (χ0) is 19.1. The van der Waals surface area contributed by atoms with Gasteiger partial charge >= 0.3 is 0 Å². The summed E-state index contributed by atoms with van der Waals surface area (Å²) in [6.07, 6.45) is 0.273. The van der Waals surface area contributed by atoms with Crippen molar-refractivity contribution in [1.29, 1.82) is 0 Å². The Morgan fingerprint density at radius 3 is 2.23 bits per heavy atom. The van der Waals surface area contributed by atoms with E-state index in [1.54, 1.807) is 14.2 Å².